The Morgan fingerprint density at radius 3 is 2.23 bits per heavy atom. The van der Waals surface area contributed by atoms with Gasteiger partial charge < -0.3 is 5.11 Å². The maximum Gasteiger partial charge on any atom is 0.273 e. The summed E-state index contributed by atoms with van der Waals surface area (Å²) in [5.74, 6) is -0.990. The van der Waals surface area contributed by atoms with Crippen molar-refractivity contribution in [1.82, 2.24) is 0 Å². The number of non-ortho nitro benzene ring substituents is 1. The summed E-state index contributed by atoms with van der Waals surface area (Å²) in [6.07, 6.45) is 2.89. The second-order valence-corrected chi connectivity index (χ2v) is 6.33. The van der Waals surface area contributed by atoms with Gasteiger partial charge in [-0.15, -0.1) is 0 Å². The molecule has 2 aliphatic carbocycles. The van der Waals surface area contributed by atoms with E-state index >= 15 is 0 Å². The number of nitro benzene ring substituents is 1. The molecular formula is C15H14N2O5. The maximum absolute atomic E-state index is 12.6. The molecule has 1 aromatic carbocycles. The lowest BCUT2D eigenvalue weighted by atomic mass is 9.81. The van der Waals surface area contributed by atoms with Crippen LogP contribution in [0.5, 0.6) is 5.75 Å². The highest BCUT2D eigenvalue weighted by Crippen LogP contribution is 2.57. The third-order valence-electron chi connectivity index (χ3n) is 5.34. The second kappa shape index (κ2) is 4.28. The first-order valence-electron chi connectivity index (χ1n) is 7.34. The van der Waals surface area contributed by atoms with Crippen LogP contribution in [0.3, 0.4) is 0 Å². The highest BCUT2D eigenvalue weighted by Gasteiger charge is 2.61. The van der Waals surface area contributed by atoms with Crippen LogP contribution in [0, 0.1) is 33.8 Å². The highest BCUT2D eigenvalue weighted by molar-refractivity contribution is 6.23. The van der Waals surface area contributed by atoms with Crippen molar-refractivity contribution in [3.8, 4) is 5.75 Å². The summed E-state index contributed by atoms with van der Waals surface area (Å²) in [7, 11) is 0. The van der Waals surface area contributed by atoms with E-state index < -0.39 is 10.7 Å². The van der Waals surface area contributed by atoms with Crippen molar-refractivity contribution >= 4 is 23.2 Å². The predicted octanol–water partition coefficient (Wildman–Crippen LogP) is 1.84. The van der Waals surface area contributed by atoms with Crippen molar-refractivity contribution in [3.05, 3.63) is 28.3 Å². The number of benzene rings is 1. The molecule has 0 unspecified atom stereocenters. The van der Waals surface area contributed by atoms with E-state index in [2.05, 4.69) is 0 Å². The molecule has 1 saturated heterocycles. The van der Waals surface area contributed by atoms with E-state index in [4.69, 9.17) is 0 Å². The zero-order valence-electron chi connectivity index (χ0n) is 11.6. The zero-order valence-corrected chi connectivity index (χ0v) is 11.6. The molecule has 114 valence electrons. The standard InChI is InChI=1S/C15H14N2O5/c18-11-6-9(17(21)22)3-4-10(11)16-14(19)12-7-1-2-8(5-7)13(12)15(16)20/h3-4,6-8,12-13,18H,1-2,5H2/t7-,8-,12+,13+/m0/s1. The number of amides is 2. The Morgan fingerprint density at radius 2 is 1.73 bits per heavy atom. The third kappa shape index (κ3) is 1.56. The Labute approximate surface area is 125 Å². The molecule has 0 radical (unpaired) electrons. The van der Waals surface area contributed by atoms with Crippen LogP contribution in [0.15, 0.2) is 18.2 Å². The molecule has 1 heterocycles. The van der Waals surface area contributed by atoms with Gasteiger partial charge in [0.05, 0.1) is 28.5 Å². The Balaban J connectivity index is 1.73. The fourth-order valence-electron chi connectivity index (χ4n) is 4.46. The summed E-state index contributed by atoms with van der Waals surface area (Å²) >= 11 is 0. The van der Waals surface area contributed by atoms with Crippen molar-refractivity contribution in [1.29, 1.82) is 0 Å². The number of phenolic OH excluding ortho intramolecular Hbond substituents is 1. The number of nitrogens with zero attached hydrogens (tertiary/aromatic N) is 2. The Morgan fingerprint density at radius 1 is 1.14 bits per heavy atom. The van der Waals surface area contributed by atoms with E-state index in [0.29, 0.717) is 0 Å². The fourth-order valence-corrected chi connectivity index (χ4v) is 4.46. The summed E-state index contributed by atoms with van der Waals surface area (Å²) in [6.45, 7) is 0. The molecule has 0 spiro atoms. The second-order valence-electron chi connectivity index (χ2n) is 6.33. The van der Waals surface area contributed by atoms with Crippen LogP contribution in [0.25, 0.3) is 0 Å². The summed E-state index contributed by atoms with van der Waals surface area (Å²) in [6, 6.07) is 3.43. The molecule has 22 heavy (non-hydrogen) atoms. The van der Waals surface area contributed by atoms with Crippen LogP contribution in [0.2, 0.25) is 0 Å². The number of imide groups is 1. The number of nitro groups is 1. The van der Waals surface area contributed by atoms with E-state index in [9.17, 15) is 24.8 Å². The monoisotopic (exact) mass is 302 g/mol. The molecule has 2 saturated carbocycles. The van der Waals surface area contributed by atoms with Gasteiger partial charge in [0, 0.05) is 6.07 Å². The number of carbonyl (C=O) groups excluding carboxylic acids is 2. The maximum atomic E-state index is 12.6. The van der Waals surface area contributed by atoms with Gasteiger partial charge in [-0.3, -0.25) is 19.7 Å². The number of rotatable bonds is 2. The average molecular weight is 302 g/mol. The predicted molar refractivity (Wildman–Crippen MR) is 75.1 cm³/mol. The van der Waals surface area contributed by atoms with Gasteiger partial charge in [-0.25, -0.2) is 4.90 Å². The van der Waals surface area contributed by atoms with Crippen molar-refractivity contribution in [2.75, 3.05) is 4.90 Å². The van der Waals surface area contributed by atoms with Gasteiger partial charge in [-0.2, -0.15) is 0 Å². The molecule has 0 aromatic heterocycles. The van der Waals surface area contributed by atoms with Crippen LogP contribution in [0.4, 0.5) is 11.4 Å². The van der Waals surface area contributed by atoms with Gasteiger partial charge in [0.1, 0.15) is 5.75 Å². The highest BCUT2D eigenvalue weighted by atomic mass is 16.6. The molecule has 1 aliphatic heterocycles. The SMILES string of the molecule is O=C1[C@@H]2[C@H]3CC[C@@H](C3)[C@H]2C(=O)N1c1ccc([N+](=O)[O-])cc1O. The van der Waals surface area contributed by atoms with Crippen LogP contribution >= 0.6 is 0 Å². The van der Waals surface area contributed by atoms with Gasteiger partial charge in [0.2, 0.25) is 11.8 Å². The molecule has 2 amide bonds. The van der Waals surface area contributed by atoms with Gasteiger partial charge in [-0.1, -0.05) is 0 Å². The minimum Gasteiger partial charge on any atom is -0.505 e. The molecule has 3 fully saturated rings. The number of fused-ring (bicyclic) bond motifs is 5. The van der Waals surface area contributed by atoms with Crippen LogP contribution in [-0.4, -0.2) is 21.8 Å². The summed E-state index contributed by atoms with van der Waals surface area (Å²) in [5, 5.41) is 20.7. The number of anilines is 1. The van der Waals surface area contributed by atoms with E-state index in [1.807, 2.05) is 0 Å². The quantitative estimate of drug-likeness (QED) is 0.510. The number of hydrogen-bond acceptors (Lipinski definition) is 5. The smallest absolute Gasteiger partial charge is 0.273 e. The summed E-state index contributed by atoms with van der Waals surface area (Å²) in [4.78, 5) is 36.3. The molecule has 1 aromatic rings. The van der Waals surface area contributed by atoms with Crippen LogP contribution in [0.1, 0.15) is 19.3 Å². The molecule has 4 rings (SSSR count). The van der Waals surface area contributed by atoms with Crippen molar-refractivity contribution in [2.24, 2.45) is 23.7 Å². The van der Waals surface area contributed by atoms with Gasteiger partial charge >= 0.3 is 0 Å². The summed E-state index contributed by atoms with van der Waals surface area (Å²) in [5.41, 5.74) is -0.227. The number of carbonyl (C=O) groups is 2. The van der Waals surface area contributed by atoms with Gasteiger partial charge in [-0.05, 0) is 37.2 Å². The topological polar surface area (TPSA) is 101 Å². The first-order chi connectivity index (χ1) is 10.5. The van der Waals surface area contributed by atoms with Crippen LogP contribution < -0.4 is 4.90 Å². The zero-order chi connectivity index (χ0) is 15.6. The molecule has 3 aliphatic rings. The first kappa shape index (κ1) is 13.2. The molecule has 7 nitrogen and oxygen atoms in total. The first-order valence-corrected chi connectivity index (χ1v) is 7.34. The Hall–Kier alpha value is -2.44. The minimum atomic E-state index is -0.633. The molecule has 1 N–H and O–H groups in total. The van der Waals surface area contributed by atoms with Crippen molar-refractivity contribution in [2.45, 2.75) is 19.3 Å². The molecular weight excluding hydrogens is 288 g/mol. The Bertz CT molecular complexity index is 688. The number of aromatic hydroxyl groups is 1. The van der Waals surface area contributed by atoms with Crippen molar-refractivity contribution < 1.29 is 19.6 Å². The normalized spacial score (nSPS) is 32.6. The lowest BCUT2D eigenvalue weighted by Crippen LogP contribution is -2.32. The number of phenols is 1. The molecule has 2 bridgehead atoms. The van der Waals surface area contributed by atoms with E-state index in [-0.39, 0.29) is 46.9 Å². The molecule has 7 heteroatoms. The Kier molecular flexibility index (Phi) is 2.58. The van der Waals surface area contributed by atoms with Crippen LogP contribution in [-0.2, 0) is 9.59 Å². The van der Waals surface area contributed by atoms with E-state index in [0.717, 1.165) is 30.2 Å². The van der Waals surface area contributed by atoms with Crippen molar-refractivity contribution in [3.63, 3.8) is 0 Å². The van der Waals surface area contributed by atoms with Gasteiger partial charge in [0.15, 0.2) is 0 Å². The fraction of sp³-hybridized carbons (Fsp3) is 0.467. The lowest BCUT2D eigenvalue weighted by molar-refractivity contribution is -0.384. The molecule has 4 atom stereocenters. The lowest BCUT2D eigenvalue weighted by Gasteiger charge is -2.19. The average Bonchev–Trinajstić information content (AvgIpc) is 3.14. The largest absolute Gasteiger partial charge is 0.505 e. The van der Waals surface area contributed by atoms with Gasteiger partial charge in [0.25, 0.3) is 5.69 Å². The van der Waals surface area contributed by atoms with E-state index in [1.54, 1.807) is 0 Å². The summed E-state index contributed by atoms with van der Waals surface area (Å²) < 4.78 is 0. The minimum absolute atomic E-state index is 0.0504. The number of hydrogen-bond donors (Lipinski definition) is 1. The third-order valence-corrected chi connectivity index (χ3v) is 5.34. The van der Waals surface area contributed by atoms with E-state index in [1.165, 1.54) is 12.1 Å².